The fourth-order valence-electron chi connectivity index (χ4n) is 5.61. The van der Waals surface area contributed by atoms with E-state index in [2.05, 4.69) is 62.0 Å². The van der Waals surface area contributed by atoms with Crippen LogP contribution in [0.3, 0.4) is 0 Å². The molecule has 15 N–H and O–H groups in total. The summed E-state index contributed by atoms with van der Waals surface area (Å²) in [6.45, 7) is 40.4. The molecule has 0 aliphatic carbocycles. The Labute approximate surface area is 614 Å². The fourth-order valence-corrected chi connectivity index (χ4v) is 10.5. The Kier molecular flexibility index (Phi) is 145. The van der Waals surface area contributed by atoms with Crippen LogP contribution in [0.5, 0.6) is 0 Å². The maximum Gasteiger partial charge on any atom is 0.109 e. The second-order valence-corrected chi connectivity index (χ2v) is 29.1. The Bertz CT molecular complexity index is 1570. The monoisotopic (exact) mass is 1650 g/mol. The number of hydrogen-bond acceptors (Lipinski definition) is 18. The van der Waals surface area contributed by atoms with E-state index < -0.39 is 45.9 Å². The number of nitrogens with one attached hydrogen (secondary N) is 6. The summed E-state index contributed by atoms with van der Waals surface area (Å²) in [6.07, 6.45) is 6.78. The van der Waals surface area contributed by atoms with Gasteiger partial charge in [0.1, 0.15) is 6.10 Å². The quantitative estimate of drug-likeness (QED) is 0.0222. The molecule has 0 saturated heterocycles. The molecule has 0 aliphatic heterocycles. The summed E-state index contributed by atoms with van der Waals surface area (Å²) < 4.78 is 0. The number of hydrogen-bond donors (Lipinski definition) is 15. The van der Waals surface area contributed by atoms with Crippen LogP contribution in [0.15, 0.2) is 27.6 Å². The van der Waals surface area contributed by atoms with Crippen LogP contribution in [0.2, 0.25) is 37.8 Å². The Morgan fingerprint density at radius 1 is 0.412 bits per heavy atom. The maximum absolute atomic E-state index is 10.1. The average molecular weight is 1650 g/mol. The summed E-state index contributed by atoms with van der Waals surface area (Å²) in [5, 5.41) is 123. The van der Waals surface area contributed by atoms with E-state index in [0.717, 1.165) is 61.0 Å². The predicted octanol–water partition coefficient (Wildman–Crippen LogP) is 10.4. The van der Waals surface area contributed by atoms with Gasteiger partial charge in [-0.15, -0.1) is 6.58 Å². The molecule has 0 amide bonds. The standard InChI is InChI=1S/C10H23NOSi.C7H17NOSi.C7H15NO.2C6H13NO.C6H11NO.2C5H11NO.C4H9NO.9Co/c1-5-9(11)10(12)13(6-2,7-3)8-4;1-5-6(8)7(9)10(2,3)4;1-4-6(8-3)7(9)5-2;1-4-6(7-3)5(2)8;2*1-3-5(7)6(8)4-2;1-3-5(4-7)6-2;1-3-5(6)4(2)7;1-2-4(5)3-6;;;;;;;;;/h10-12H,5-8H2,1-4H3;7-9H,5H2,1-4H3;7,9H,4-5H2,1-3H3;5,8H,4H2,1-3H3;6-8H,3-4H2,1-2H3;4,6-8H,2-3H2,1H3;7H,3-4H2,1-2H3;4,6-7H,3H2,1-2H3;5-6H,2-3H2,1H3;;;;;;;;;. The van der Waals surface area contributed by atoms with E-state index in [4.69, 9.17) is 63.1 Å². The van der Waals surface area contributed by atoms with Gasteiger partial charge in [-0.1, -0.05) is 141 Å². The molecule has 0 aromatic carbocycles. The zero-order valence-electron chi connectivity index (χ0n) is 55.5. The van der Waals surface area contributed by atoms with Crippen molar-refractivity contribution in [1.29, 1.82) is 32.5 Å². The molecule has 9 radical (unpaired) electrons. The molecule has 0 aromatic heterocycles. The average Bonchev–Trinajstić information content (AvgIpc) is 3.43. The number of aliphatic hydroxyl groups is 9. The maximum atomic E-state index is 10.1. The molecule has 0 aliphatic rings. The molecule has 535 valence electrons. The van der Waals surface area contributed by atoms with E-state index in [1.807, 2.05) is 76.2 Å². The minimum Gasteiger partial charge on any atom is -0.391 e. The molecule has 7 atom stereocenters. The van der Waals surface area contributed by atoms with E-state index in [0.29, 0.717) is 79.2 Å². The minimum absolute atomic E-state index is 0. The van der Waals surface area contributed by atoms with Crippen LogP contribution >= 0.6 is 0 Å². The van der Waals surface area contributed by atoms with Gasteiger partial charge in [0.2, 0.25) is 0 Å². The zero-order valence-corrected chi connectivity index (χ0v) is 66.9. The first kappa shape index (κ1) is 135. The first-order valence-electron chi connectivity index (χ1n) is 27.6. The van der Waals surface area contributed by atoms with Crippen LogP contribution < -0.4 is 0 Å². The summed E-state index contributed by atoms with van der Waals surface area (Å²) in [5.74, 6) is 0. The SMILES string of the molecule is C=CC(O)C(=N)CC.CCC(=N)C(C)O.CCC(=N)C(O)CC.CCC(=N)C(O)[Si](C)(C)C.CCC(=N)C(O)[Si](CC)(CC)CC.CCC(=N)CO.CCC(=NC)C(C)O.CCC(=NC)C(O)CC.CCC(CO)=NC.[Co].[Co].[Co].[Co].[Co].[Co].[Co].[Co].[Co]. The zero-order chi connectivity index (χ0) is 62.4. The summed E-state index contributed by atoms with van der Waals surface area (Å²) in [5.41, 5.74) is 4.36. The number of aliphatic hydroxyl groups excluding tert-OH is 9. The molecule has 0 fully saturated rings. The molecule has 0 bridgehead atoms. The van der Waals surface area contributed by atoms with Gasteiger partial charge in [-0.3, -0.25) is 15.0 Å². The van der Waals surface area contributed by atoms with Crippen LogP contribution in [0.4, 0.5) is 0 Å². The predicted molar refractivity (Wildman–Crippen MR) is 338 cm³/mol. The molecule has 0 heterocycles. The van der Waals surface area contributed by atoms with E-state index in [9.17, 15) is 15.3 Å². The van der Waals surface area contributed by atoms with Gasteiger partial charge in [-0.05, 0) is 84.5 Å². The molecule has 0 saturated carbocycles. The van der Waals surface area contributed by atoms with Gasteiger partial charge in [-0.25, -0.2) is 0 Å². The molecule has 0 aromatic rings. The van der Waals surface area contributed by atoms with Crippen molar-refractivity contribution in [3.63, 3.8) is 0 Å². The molecule has 29 heteroatoms. The topological polar surface area (TPSA) is 362 Å². The van der Waals surface area contributed by atoms with E-state index >= 15 is 0 Å². The molecule has 0 spiro atoms. The van der Waals surface area contributed by atoms with Crippen molar-refractivity contribution in [2.24, 2.45) is 15.0 Å². The molecule has 7 unspecified atom stereocenters. The van der Waals surface area contributed by atoms with Crippen molar-refractivity contribution in [3.05, 3.63) is 12.7 Å². The summed E-state index contributed by atoms with van der Waals surface area (Å²) in [6, 6.07) is 3.26. The van der Waals surface area contributed by atoms with Gasteiger partial charge in [-0.2, -0.15) is 0 Å². The van der Waals surface area contributed by atoms with Gasteiger partial charge in [0.15, 0.2) is 0 Å². The van der Waals surface area contributed by atoms with E-state index in [-0.39, 0.29) is 176 Å². The summed E-state index contributed by atoms with van der Waals surface area (Å²) in [7, 11) is 2.02. The normalized spacial score (nSPS) is 12.3. The van der Waals surface area contributed by atoms with E-state index in [1.165, 1.54) is 6.08 Å². The van der Waals surface area contributed by atoms with Gasteiger partial charge in [0, 0.05) is 224 Å². The van der Waals surface area contributed by atoms with Crippen LogP contribution in [-0.4, -0.2) is 190 Å². The Hall–Kier alpha value is 1.40. The second kappa shape index (κ2) is 91.8. The number of nitrogens with zero attached hydrogens (tertiary/aromatic N) is 3. The third-order valence-electron chi connectivity index (χ3n) is 12.0. The van der Waals surface area contributed by atoms with Crippen LogP contribution in [0, 0.1) is 32.5 Å². The van der Waals surface area contributed by atoms with Crippen molar-refractivity contribution in [3.8, 4) is 0 Å². The number of rotatable bonds is 26. The molecular formula is C56H123Co9N9O9Si2. The minimum atomic E-state index is -1.57. The fraction of sp³-hybridized carbons (Fsp3) is 0.804. The van der Waals surface area contributed by atoms with E-state index in [1.54, 1.807) is 35.0 Å². The first-order chi connectivity index (χ1) is 35.2. The van der Waals surface area contributed by atoms with Gasteiger partial charge in [0.25, 0.3) is 0 Å². The third kappa shape index (κ3) is 83.4. The first-order valence-corrected chi connectivity index (χ1v) is 33.9. The number of aliphatic imine (C=N–C) groups is 3. The van der Waals surface area contributed by atoms with Crippen LogP contribution in [0.25, 0.3) is 0 Å². The van der Waals surface area contributed by atoms with Crippen LogP contribution in [-0.2, 0) is 151 Å². The largest absolute Gasteiger partial charge is 0.391 e. The Morgan fingerprint density at radius 2 is 0.741 bits per heavy atom. The van der Waals surface area contributed by atoms with Crippen molar-refractivity contribution < 1.29 is 197 Å². The van der Waals surface area contributed by atoms with Crippen molar-refractivity contribution in [1.82, 2.24) is 0 Å². The Balaban J connectivity index is -0.0000000369. The summed E-state index contributed by atoms with van der Waals surface area (Å²) in [4.78, 5) is 11.6. The van der Waals surface area contributed by atoms with Crippen molar-refractivity contribution in [2.75, 3.05) is 34.4 Å². The van der Waals surface area contributed by atoms with Crippen molar-refractivity contribution >= 4 is 67.6 Å². The molecule has 85 heavy (non-hydrogen) atoms. The second-order valence-electron chi connectivity index (χ2n) is 18.4. The van der Waals surface area contributed by atoms with Crippen molar-refractivity contribution in [2.45, 2.75) is 261 Å². The molecule has 18 nitrogen and oxygen atoms in total. The smallest absolute Gasteiger partial charge is 0.109 e. The summed E-state index contributed by atoms with van der Waals surface area (Å²) >= 11 is 0. The third-order valence-corrected chi connectivity index (χ3v) is 19.8. The van der Waals surface area contributed by atoms with Gasteiger partial charge >= 0.3 is 0 Å². The molecule has 0 rings (SSSR count). The van der Waals surface area contributed by atoms with Crippen LogP contribution in [0.1, 0.15) is 181 Å². The van der Waals surface area contributed by atoms with Gasteiger partial charge < -0.3 is 78.4 Å². The van der Waals surface area contributed by atoms with Gasteiger partial charge in [0.05, 0.1) is 65.2 Å². The Morgan fingerprint density at radius 3 is 0.824 bits per heavy atom. The molecular weight excluding hydrogens is 1530 g/mol.